The lowest BCUT2D eigenvalue weighted by Crippen LogP contribution is -2.46. The molecule has 4 aromatic heterocycles. The molecule has 8 N–H and O–H groups in total. The topological polar surface area (TPSA) is 376 Å². The van der Waals surface area contributed by atoms with Crippen LogP contribution in [0.5, 0.6) is 0 Å². The van der Waals surface area contributed by atoms with Crippen molar-refractivity contribution in [1.29, 1.82) is 0 Å². The number of nitrogens with zero attached hydrogens (tertiary/aromatic N) is 10. The maximum Gasteiger partial charge on any atom is 0.487 e. The van der Waals surface area contributed by atoms with Crippen LogP contribution < -0.4 is 14.0 Å². The van der Waals surface area contributed by atoms with Crippen molar-refractivity contribution in [2.45, 2.75) is 88.9 Å². The molecule has 0 aliphatic carbocycles. The third-order valence-electron chi connectivity index (χ3n) is 9.58. The van der Waals surface area contributed by atoms with Gasteiger partial charge in [0.25, 0.3) is 7.82 Å². The molecule has 8 heterocycles. The maximum atomic E-state index is 11.9. The first-order valence-corrected chi connectivity index (χ1v) is 21.6. The van der Waals surface area contributed by atoms with Crippen LogP contribution in [0, 0.1) is 0 Å². The van der Waals surface area contributed by atoms with Crippen LogP contribution >= 0.6 is 23.5 Å². The van der Waals surface area contributed by atoms with Gasteiger partial charge in [-0.3, -0.25) is 9.09 Å². The summed E-state index contributed by atoms with van der Waals surface area (Å²) in [6, 6.07) is -0.342. The highest BCUT2D eigenvalue weighted by molar-refractivity contribution is 7.66. The van der Waals surface area contributed by atoms with E-state index in [0.29, 0.717) is 28.3 Å². The summed E-state index contributed by atoms with van der Waals surface area (Å²) in [5.41, 5.74) is 3.76. The summed E-state index contributed by atoms with van der Waals surface area (Å²) in [7, 11) is -17.0. The Balaban J connectivity index is 0.000000192. The minimum absolute atomic E-state index is 0.0819. The largest absolute Gasteiger partial charge is 0.756 e. The highest BCUT2D eigenvalue weighted by Crippen LogP contribution is 2.65. The number of aliphatic hydroxyl groups is 5. The number of hydrogen-bond donors (Lipinski definition) is 8. The molecule has 13 unspecified atom stereocenters. The van der Waals surface area contributed by atoms with E-state index in [2.05, 4.69) is 43.1 Å². The number of ether oxygens (including phenoxy) is 2. The van der Waals surface area contributed by atoms with Crippen molar-refractivity contribution in [3.63, 3.8) is 0 Å². The van der Waals surface area contributed by atoms with E-state index in [1.807, 2.05) is 25.3 Å². The van der Waals surface area contributed by atoms with Crippen molar-refractivity contribution in [3.8, 4) is 0 Å². The zero-order chi connectivity index (χ0) is 42.2. The van der Waals surface area contributed by atoms with Crippen LogP contribution in [-0.2, 0) is 36.3 Å². The van der Waals surface area contributed by atoms with Gasteiger partial charge in [-0.05, 0) is 13.8 Å². The molecule has 8 rings (SSSR count). The van der Waals surface area contributed by atoms with Crippen molar-refractivity contribution in [1.82, 2.24) is 29.1 Å². The number of imidazole rings is 2. The lowest BCUT2D eigenvalue weighted by Gasteiger charge is -2.21. The molecule has 13 atom stereocenters. The van der Waals surface area contributed by atoms with Crippen LogP contribution in [0.25, 0.3) is 22.3 Å². The van der Waals surface area contributed by atoms with Crippen LogP contribution in [0.4, 0.5) is 0 Å². The molecule has 0 aromatic carbocycles. The number of aromatic nitrogens is 8. The molecule has 0 radical (unpaired) electrons. The quantitative estimate of drug-likeness (QED) is 0.0583. The minimum atomic E-state index is -5.80. The summed E-state index contributed by atoms with van der Waals surface area (Å²) >= 11 is 0. The minimum Gasteiger partial charge on any atom is -0.756 e. The first kappa shape index (κ1) is 42.7. The molecule has 0 bridgehead atoms. The van der Waals surface area contributed by atoms with Gasteiger partial charge in [0.2, 0.25) is 23.5 Å². The zero-order valence-corrected chi connectivity index (χ0v) is 33.2. The molecule has 4 aliphatic heterocycles. The van der Waals surface area contributed by atoms with Crippen molar-refractivity contribution in [2.75, 3.05) is 13.2 Å². The molecule has 30 heteroatoms. The second-order valence-corrected chi connectivity index (χ2v) is 17.9. The predicted molar refractivity (Wildman–Crippen MR) is 186 cm³/mol. The van der Waals surface area contributed by atoms with Gasteiger partial charge in [0.15, 0.2) is 37.0 Å². The lowest BCUT2D eigenvalue weighted by molar-refractivity contribution is -0.745. The lowest BCUT2D eigenvalue weighted by atomic mass is 10.1. The molecule has 2 fully saturated rings. The Hall–Kier alpha value is -3.43. The summed E-state index contributed by atoms with van der Waals surface area (Å²) in [6.07, 6.45) is -3.93. The third kappa shape index (κ3) is 7.96. The molecule has 58 heavy (non-hydrogen) atoms. The SMILES string of the molecule is CC1=NC(C)c2ncnc3c2n1c[n+]3C1OC(CO)C(O)C1O.CC1=NC(C)c2ncnc3c2n1c[n+]3C1OC(COP(=O)(O)OP(=O)(O)OP(=O)([O-])O)C(O)C1O. The number of hydrogen-bond acceptors (Lipinski definition) is 20. The molecule has 2 saturated heterocycles. The molecular weight excluding hydrogens is 841 g/mol. The fourth-order valence-corrected chi connectivity index (χ4v) is 10.0. The monoisotopic (exact) mass is 879 g/mol. The van der Waals surface area contributed by atoms with Gasteiger partial charge in [-0.15, -0.1) is 0 Å². The van der Waals surface area contributed by atoms with E-state index < -0.39 is 79.2 Å². The summed E-state index contributed by atoms with van der Waals surface area (Å²) < 4.78 is 63.3. The van der Waals surface area contributed by atoms with E-state index in [-0.39, 0.29) is 18.7 Å². The van der Waals surface area contributed by atoms with E-state index in [9.17, 15) is 53.9 Å². The fourth-order valence-electron chi connectivity index (χ4n) is 7.03. The highest BCUT2D eigenvalue weighted by Gasteiger charge is 2.50. The molecule has 316 valence electrons. The molecule has 4 aliphatic rings. The Labute approximate surface area is 325 Å². The van der Waals surface area contributed by atoms with Crippen LogP contribution in [0.3, 0.4) is 0 Å². The second-order valence-electron chi connectivity index (χ2n) is 13.5. The Bertz CT molecular complexity index is 2460. The van der Waals surface area contributed by atoms with E-state index >= 15 is 0 Å². The molecule has 0 spiro atoms. The van der Waals surface area contributed by atoms with Crippen molar-refractivity contribution >= 4 is 57.5 Å². The van der Waals surface area contributed by atoms with Gasteiger partial charge >= 0.3 is 26.9 Å². The summed E-state index contributed by atoms with van der Waals surface area (Å²) in [6.45, 7) is 6.11. The average molecular weight is 880 g/mol. The van der Waals surface area contributed by atoms with Crippen molar-refractivity contribution in [3.05, 3.63) is 36.7 Å². The van der Waals surface area contributed by atoms with Crippen LogP contribution in [0.2, 0.25) is 0 Å². The summed E-state index contributed by atoms with van der Waals surface area (Å²) in [4.78, 5) is 63.9. The Morgan fingerprint density at radius 3 is 1.60 bits per heavy atom. The molecule has 0 saturated carbocycles. The Kier molecular flexibility index (Phi) is 11.4. The standard InChI is InChI=1S/C14H20N5O13P3.C14H18N5O4/c1-6-9-10-13(16-4-15-9)19(5-18(10)7(2)17-6)14-12(21)11(20)8(30-14)3-29-34(25,26)32-35(27,28)31-33(22,23)24;1-6-9-10-13(16-4-15-9)19(5-18(10)7(2)17-6)14-12(22)11(21)8(3-20)23-14/h4-6,8,11-12,14,20-21H,3H2,1-2H3,(H3-,22,23,24,25,26,27,28);4-6,8,11-12,14,20-22H,3H2,1-2H3/q;+1. The molecule has 0 amide bonds. The van der Waals surface area contributed by atoms with Crippen molar-refractivity contribution in [2.24, 2.45) is 9.98 Å². The van der Waals surface area contributed by atoms with Gasteiger partial charge < -0.3 is 54.6 Å². The fraction of sp³-hybridized carbons (Fsp3) is 0.571. The summed E-state index contributed by atoms with van der Waals surface area (Å²) in [5.74, 6) is 1.39. The number of aliphatic imine (C=N–C) groups is 2. The number of phosphoric ester groups is 1. The number of phosphoric acid groups is 3. The van der Waals surface area contributed by atoms with Gasteiger partial charge in [-0.2, -0.15) is 4.31 Å². The summed E-state index contributed by atoms with van der Waals surface area (Å²) in [5, 5.41) is 50.5. The molecule has 27 nitrogen and oxygen atoms in total. The van der Waals surface area contributed by atoms with Gasteiger partial charge in [0, 0.05) is 13.8 Å². The second kappa shape index (κ2) is 15.6. The van der Waals surface area contributed by atoms with Gasteiger partial charge in [-0.1, -0.05) is 9.97 Å². The maximum absolute atomic E-state index is 11.9. The predicted octanol–water partition coefficient (Wildman–Crippen LogP) is -2.94. The first-order valence-electron chi connectivity index (χ1n) is 17.2. The van der Waals surface area contributed by atoms with E-state index in [1.54, 1.807) is 22.4 Å². The van der Waals surface area contributed by atoms with Crippen molar-refractivity contribution < 1.29 is 90.6 Å². The molecule has 4 aromatic rings. The Morgan fingerprint density at radius 1 is 0.724 bits per heavy atom. The van der Waals surface area contributed by atoms with Gasteiger partial charge in [-0.25, -0.2) is 51.7 Å². The van der Waals surface area contributed by atoms with Gasteiger partial charge in [0.05, 0.1) is 25.3 Å². The highest BCUT2D eigenvalue weighted by atomic mass is 31.3. The van der Waals surface area contributed by atoms with E-state index in [0.717, 1.165) is 17.0 Å². The smallest absolute Gasteiger partial charge is 0.487 e. The third-order valence-corrected chi connectivity index (χ3v) is 13.4. The van der Waals surface area contributed by atoms with Crippen LogP contribution in [0.15, 0.2) is 35.3 Å². The zero-order valence-electron chi connectivity index (χ0n) is 30.6. The first-order chi connectivity index (χ1) is 27.1. The Morgan fingerprint density at radius 2 is 1.17 bits per heavy atom. The van der Waals surface area contributed by atoms with E-state index in [4.69, 9.17) is 14.4 Å². The van der Waals surface area contributed by atoms with E-state index in [1.165, 1.54) is 23.5 Å². The molecular formula is C28H38N10O17P3+. The normalized spacial score (nSPS) is 32.2. The van der Waals surface area contributed by atoms with Crippen LogP contribution in [0.1, 0.15) is 63.6 Å². The number of rotatable bonds is 10. The number of aliphatic hydroxyl groups excluding tert-OH is 5. The van der Waals surface area contributed by atoms with Gasteiger partial charge in [0.1, 0.15) is 48.0 Å². The van der Waals surface area contributed by atoms with Crippen LogP contribution in [-0.4, -0.2) is 131 Å². The average Bonchev–Trinajstić information content (AvgIpc) is 3.86.